The van der Waals surface area contributed by atoms with Crippen LogP contribution in [0.15, 0.2) is 33.7 Å². The molecular weight excluding hydrogens is 312 g/mol. The number of para-hydroxylation sites is 1. The molecule has 2 aromatic rings. The summed E-state index contributed by atoms with van der Waals surface area (Å²) in [6.45, 7) is 0.737. The second kappa shape index (κ2) is 7.14. The smallest absolute Gasteiger partial charge is 0.240 e. The highest BCUT2D eigenvalue weighted by Crippen LogP contribution is 2.38. The van der Waals surface area contributed by atoms with Crippen LogP contribution in [0.25, 0.3) is 0 Å². The number of amides is 1. The molecule has 0 saturated heterocycles. The Morgan fingerprint density at radius 1 is 1.43 bits per heavy atom. The minimum atomic E-state index is -0.0593. The van der Waals surface area contributed by atoms with E-state index >= 15 is 0 Å². The molecule has 0 bridgehead atoms. The molecule has 1 amide bonds. The second-order valence-corrected chi connectivity index (χ2v) is 6.59. The van der Waals surface area contributed by atoms with Crippen LogP contribution in [0.1, 0.15) is 30.5 Å². The second-order valence-electron chi connectivity index (χ2n) is 5.74. The van der Waals surface area contributed by atoms with Gasteiger partial charge in [-0.05, 0) is 38.3 Å². The van der Waals surface area contributed by atoms with Gasteiger partial charge in [-0.1, -0.05) is 17.3 Å². The van der Waals surface area contributed by atoms with E-state index in [0.29, 0.717) is 18.4 Å². The molecule has 0 atom stereocenters. The zero-order valence-corrected chi connectivity index (χ0v) is 14.1. The number of hydrogen-bond acceptors (Lipinski definition) is 6. The number of likely N-dealkylation sites (N-methyl/N-ethyl adjacent to an activating group) is 1. The highest BCUT2D eigenvalue weighted by Gasteiger charge is 2.28. The quantitative estimate of drug-likeness (QED) is 0.786. The molecule has 7 heteroatoms. The average molecular weight is 332 g/mol. The highest BCUT2D eigenvalue weighted by molar-refractivity contribution is 7.98. The molecule has 1 aromatic heterocycles. The van der Waals surface area contributed by atoms with E-state index in [1.54, 1.807) is 11.8 Å². The zero-order valence-electron chi connectivity index (χ0n) is 13.3. The Balaban J connectivity index is 1.52. The van der Waals surface area contributed by atoms with E-state index in [4.69, 9.17) is 4.52 Å². The van der Waals surface area contributed by atoms with Crippen LogP contribution in [-0.2, 0) is 11.3 Å². The molecule has 1 N–H and O–H groups in total. The number of carbonyl (C=O) groups excluding carboxylic acids is 1. The Bertz CT molecular complexity index is 684. The molecule has 1 fully saturated rings. The average Bonchev–Trinajstić information content (AvgIpc) is 3.28. The van der Waals surface area contributed by atoms with Gasteiger partial charge in [-0.3, -0.25) is 9.69 Å². The van der Waals surface area contributed by atoms with Gasteiger partial charge in [0.1, 0.15) is 0 Å². The lowest BCUT2D eigenvalue weighted by atomic mass is 10.3. The third-order valence-electron chi connectivity index (χ3n) is 3.63. The van der Waals surface area contributed by atoms with Gasteiger partial charge in [0, 0.05) is 10.8 Å². The van der Waals surface area contributed by atoms with Crippen LogP contribution in [-0.4, -0.2) is 40.8 Å². The van der Waals surface area contributed by atoms with Crippen LogP contribution in [0.2, 0.25) is 0 Å². The summed E-state index contributed by atoms with van der Waals surface area (Å²) in [5.41, 5.74) is 0.840. The van der Waals surface area contributed by atoms with Crippen molar-refractivity contribution < 1.29 is 9.32 Å². The standard InChI is InChI=1S/C16H20N4O2S/c1-20(10-15-18-16(19-22-15)11-7-8-11)9-14(21)17-12-5-3-4-6-13(12)23-2/h3-6,11H,7-10H2,1-2H3,(H,17,21). The van der Waals surface area contributed by atoms with Gasteiger partial charge in [0.15, 0.2) is 5.82 Å². The van der Waals surface area contributed by atoms with Crippen LogP contribution in [0.5, 0.6) is 0 Å². The first-order chi connectivity index (χ1) is 11.2. The largest absolute Gasteiger partial charge is 0.338 e. The number of anilines is 1. The fourth-order valence-corrected chi connectivity index (χ4v) is 2.86. The summed E-state index contributed by atoms with van der Waals surface area (Å²) in [5.74, 6) is 1.78. The van der Waals surface area contributed by atoms with E-state index in [1.807, 2.05) is 42.5 Å². The first-order valence-corrected chi connectivity index (χ1v) is 8.82. The summed E-state index contributed by atoms with van der Waals surface area (Å²) in [4.78, 5) is 19.5. The van der Waals surface area contributed by atoms with Crippen LogP contribution in [0.3, 0.4) is 0 Å². The summed E-state index contributed by atoms with van der Waals surface area (Å²) in [6.07, 6.45) is 4.28. The van der Waals surface area contributed by atoms with Crippen molar-refractivity contribution in [2.24, 2.45) is 0 Å². The molecule has 1 saturated carbocycles. The number of nitrogens with zero attached hydrogens (tertiary/aromatic N) is 3. The van der Waals surface area contributed by atoms with Crippen molar-refractivity contribution in [2.45, 2.75) is 30.2 Å². The summed E-state index contributed by atoms with van der Waals surface area (Å²) in [6, 6.07) is 7.77. The van der Waals surface area contributed by atoms with Crippen molar-refractivity contribution in [3.05, 3.63) is 36.0 Å². The third kappa shape index (κ3) is 4.33. The lowest BCUT2D eigenvalue weighted by Gasteiger charge is -2.15. The van der Waals surface area contributed by atoms with Gasteiger partial charge in [-0.15, -0.1) is 11.8 Å². The number of aromatic nitrogens is 2. The van der Waals surface area contributed by atoms with Crippen molar-refractivity contribution in [1.29, 1.82) is 0 Å². The first kappa shape index (κ1) is 16.0. The molecular formula is C16H20N4O2S. The first-order valence-electron chi connectivity index (χ1n) is 7.59. The maximum absolute atomic E-state index is 12.2. The van der Waals surface area contributed by atoms with Crippen molar-refractivity contribution in [3.63, 3.8) is 0 Å². The summed E-state index contributed by atoms with van der Waals surface area (Å²) in [5, 5.41) is 6.93. The van der Waals surface area contributed by atoms with Gasteiger partial charge in [-0.25, -0.2) is 0 Å². The lowest BCUT2D eigenvalue weighted by Crippen LogP contribution is -2.30. The summed E-state index contributed by atoms with van der Waals surface area (Å²) < 4.78 is 5.24. The molecule has 122 valence electrons. The van der Waals surface area contributed by atoms with Crippen molar-refractivity contribution in [3.8, 4) is 0 Å². The molecule has 6 nitrogen and oxygen atoms in total. The fraction of sp³-hybridized carbons (Fsp3) is 0.438. The number of rotatable bonds is 7. The lowest BCUT2D eigenvalue weighted by molar-refractivity contribution is -0.117. The van der Waals surface area contributed by atoms with Gasteiger partial charge in [0.25, 0.3) is 0 Å². The highest BCUT2D eigenvalue weighted by atomic mass is 32.2. The van der Waals surface area contributed by atoms with E-state index < -0.39 is 0 Å². The predicted molar refractivity (Wildman–Crippen MR) is 89.5 cm³/mol. The van der Waals surface area contributed by atoms with Gasteiger partial charge < -0.3 is 9.84 Å². The molecule has 1 aromatic carbocycles. The van der Waals surface area contributed by atoms with Gasteiger partial charge in [0.2, 0.25) is 11.8 Å². The van der Waals surface area contributed by atoms with Crippen molar-refractivity contribution in [2.75, 3.05) is 25.2 Å². The van der Waals surface area contributed by atoms with E-state index in [1.165, 1.54) is 0 Å². The van der Waals surface area contributed by atoms with Crippen molar-refractivity contribution in [1.82, 2.24) is 15.0 Å². The number of hydrogen-bond donors (Lipinski definition) is 1. The number of benzene rings is 1. The normalized spacial score (nSPS) is 14.2. The fourth-order valence-electron chi connectivity index (χ4n) is 2.31. The topological polar surface area (TPSA) is 71.3 Å². The molecule has 1 aliphatic carbocycles. The van der Waals surface area contributed by atoms with Crippen molar-refractivity contribution >= 4 is 23.4 Å². The van der Waals surface area contributed by atoms with Crippen LogP contribution in [0.4, 0.5) is 5.69 Å². The summed E-state index contributed by atoms with van der Waals surface area (Å²) in [7, 11) is 1.86. The van der Waals surface area contributed by atoms with Gasteiger partial charge in [-0.2, -0.15) is 4.98 Å². The Kier molecular flexibility index (Phi) is 4.97. The molecule has 0 spiro atoms. The van der Waals surface area contributed by atoms with E-state index in [2.05, 4.69) is 15.5 Å². The monoisotopic (exact) mass is 332 g/mol. The Morgan fingerprint density at radius 3 is 2.96 bits per heavy atom. The molecule has 3 rings (SSSR count). The summed E-state index contributed by atoms with van der Waals surface area (Å²) >= 11 is 1.61. The van der Waals surface area contributed by atoms with Crippen LogP contribution < -0.4 is 5.32 Å². The maximum atomic E-state index is 12.2. The molecule has 0 unspecified atom stereocenters. The Labute approximate surface area is 139 Å². The van der Waals surface area contributed by atoms with Crippen LogP contribution in [0, 0.1) is 0 Å². The van der Waals surface area contributed by atoms with Gasteiger partial charge >= 0.3 is 0 Å². The Hall–Kier alpha value is -1.86. The maximum Gasteiger partial charge on any atom is 0.240 e. The third-order valence-corrected chi connectivity index (χ3v) is 4.42. The molecule has 0 aliphatic heterocycles. The van der Waals surface area contributed by atoms with Gasteiger partial charge in [0.05, 0.1) is 18.8 Å². The molecule has 1 aliphatic rings. The zero-order chi connectivity index (χ0) is 16.2. The molecule has 1 heterocycles. The SMILES string of the molecule is CSc1ccccc1NC(=O)CN(C)Cc1nc(C2CC2)no1. The van der Waals surface area contributed by atoms with E-state index in [9.17, 15) is 4.79 Å². The minimum Gasteiger partial charge on any atom is -0.338 e. The predicted octanol–water partition coefficient (Wildman–Crippen LogP) is 2.74. The number of nitrogens with one attached hydrogen (secondary N) is 1. The molecule has 23 heavy (non-hydrogen) atoms. The minimum absolute atomic E-state index is 0.0593. The number of thioether (sulfide) groups is 1. The van der Waals surface area contributed by atoms with Crippen LogP contribution >= 0.6 is 11.8 Å². The number of carbonyl (C=O) groups is 1. The van der Waals surface area contributed by atoms with E-state index in [-0.39, 0.29) is 12.5 Å². The molecule has 0 radical (unpaired) electrons. The van der Waals surface area contributed by atoms with E-state index in [0.717, 1.165) is 29.2 Å². The Morgan fingerprint density at radius 2 is 2.22 bits per heavy atom.